The summed E-state index contributed by atoms with van der Waals surface area (Å²) >= 11 is 6.03. The van der Waals surface area contributed by atoms with Gasteiger partial charge in [0, 0.05) is 24.7 Å². The van der Waals surface area contributed by atoms with Gasteiger partial charge in [0.05, 0.1) is 6.04 Å². The number of ether oxygens (including phenoxy) is 2. The summed E-state index contributed by atoms with van der Waals surface area (Å²) in [5, 5.41) is 0.650. The van der Waals surface area contributed by atoms with Gasteiger partial charge in [0.15, 0.2) is 0 Å². The van der Waals surface area contributed by atoms with Crippen LogP contribution in [0.25, 0.3) is 0 Å². The number of hydrogen-bond donors (Lipinski definition) is 2. The van der Waals surface area contributed by atoms with Crippen LogP contribution in [0.4, 0.5) is 9.59 Å². The van der Waals surface area contributed by atoms with E-state index in [2.05, 4.69) is 4.99 Å². The lowest BCUT2D eigenvalue weighted by molar-refractivity contribution is -0.136. The fourth-order valence-electron chi connectivity index (χ4n) is 7.54. The maximum Gasteiger partial charge on any atom is 0.437 e. The van der Waals surface area contributed by atoms with Gasteiger partial charge in [-0.15, -0.1) is 4.99 Å². The Bertz CT molecular complexity index is 1590. The van der Waals surface area contributed by atoms with Crippen molar-refractivity contribution in [2.75, 3.05) is 19.6 Å². The van der Waals surface area contributed by atoms with Gasteiger partial charge < -0.3 is 25.8 Å². The molecule has 3 aromatic carbocycles. The molecule has 1 heterocycles. The van der Waals surface area contributed by atoms with Crippen molar-refractivity contribution in [3.8, 4) is 0 Å². The fourth-order valence-corrected chi connectivity index (χ4v) is 7.66. The fraction of sp³-hybridized carbons (Fsp3) is 0.450. The Balaban J connectivity index is 1.23. The summed E-state index contributed by atoms with van der Waals surface area (Å²) in [5.74, 6) is 0.231. The lowest BCUT2D eigenvalue weighted by Gasteiger charge is -2.49. The maximum absolute atomic E-state index is 13.4. The van der Waals surface area contributed by atoms with E-state index < -0.39 is 18.2 Å². The summed E-state index contributed by atoms with van der Waals surface area (Å²) in [6.45, 7) is 1.59. The molecule has 10 nitrogen and oxygen atoms in total. The molecule has 3 amide bonds. The van der Waals surface area contributed by atoms with Crippen molar-refractivity contribution in [1.29, 1.82) is 0 Å². The lowest BCUT2D eigenvalue weighted by Crippen LogP contribution is -2.52. The molecule has 11 heteroatoms. The number of piperidine rings is 1. The van der Waals surface area contributed by atoms with E-state index in [1.165, 1.54) is 24.2 Å². The molecule has 0 bridgehead atoms. The van der Waals surface area contributed by atoms with Crippen LogP contribution in [0.1, 0.15) is 74.5 Å². The third-order valence-corrected chi connectivity index (χ3v) is 10.6. The van der Waals surface area contributed by atoms with Crippen LogP contribution in [-0.4, -0.2) is 59.5 Å². The molecule has 5 rings (SSSR count). The molecule has 2 aliphatic rings. The van der Waals surface area contributed by atoms with Crippen LogP contribution in [-0.2, 0) is 33.9 Å². The largest absolute Gasteiger partial charge is 0.444 e. The summed E-state index contributed by atoms with van der Waals surface area (Å²) in [6, 6.07) is 25.5. The van der Waals surface area contributed by atoms with Crippen molar-refractivity contribution in [3.63, 3.8) is 0 Å². The molecule has 1 saturated carbocycles. The van der Waals surface area contributed by atoms with Gasteiger partial charge >= 0.3 is 12.2 Å². The minimum atomic E-state index is -0.887. The number of nitrogens with two attached hydrogens (primary N) is 2. The monoisotopic (exact) mass is 715 g/mol. The zero-order valence-corrected chi connectivity index (χ0v) is 30.0. The van der Waals surface area contributed by atoms with Crippen LogP contribution in [0.2, 0.25) is 5.02 Å². The van der Waals surface area contributed by atoms with Crippen LogP contribution in [0.15, 0.2) is 89.9 Å². The zero-order chi connectivity index (χ0) is 36.1. The van der Waals surface area contributed by atoms with Gasteiger partial charge in [-0.1, -0.05) is 104 Å². The van der Waals surface area contributed by atoms with Crippen LogP contribution >= 0.6 is 11.6 Å². The van der Waals surface area contributed by atoms with E-state index in [1.54, 1.807) is 0 Å². The molecular weight excluding hydrogens is 666 g/mol. The minimum Gasteiger partial charge on any atom is -0.444 e. The molecule has 272 valence electrons. The third-order valence-electron chi connectivity index (χ3n) is 10.4. The van der Waals surface area contributed by atoms with E-state index in [0.29, 0.717) is 36.9 Å². The Hall–Kier alpha value is -4.41. The van der Waals surface area contributed by atoms with Crippen LogP contribution in [0.3, 0.4) is 0 Å². The van der Waals surface area contributed by atoms with Crippen molar-refractivity contribution >= 4 is 35.7 Å². The Labute approximate surface area is 306 Å². The maximum atomic E-state index is 13.4. The van der Waals surface area contributed by atoms with E-state index in [1.807, 2.05) is 89.8 Å². The number of hydrogen-bond acceptors (Lipinski definition) is 6. The zero-order valence-electron chi connectivity index (χ0n) is 29.3. The number of carbonyl (C=O) groups is 3. The van der Waals surface area contributed by atoms with Crippen molar-refractivity contribution in [1.82, 2.24) is 9.80 Å². The van der Waals surface area contributed by atoms with Crippen molar-refractivity contribution in [2.45, 2.75) is 83.5 Å². The topological polar surface area (TPSA) is 141 Å². The standard InChI is InChI=1S/C40H50ClN5O5/c41-34-19-17-30(18-20-34)27-35(42)36(47)45-25-22-40(23-26-45,33-15-8-3-9-16-33)21-10-24-46(39(49)51-29-32-13-6-2-7-14-32)37(43)44-38(48)50-28-31-11-4-1-5-12-31/h1-2,4-7,11-14,17-20,33,35H,3,8-10,15-16,21-29,42H2,(H2,43,44,48)/t35-/m1/s1. The predicted molar refractivity (Wildman–Crippen MR) is 199 cm³/mol. The van der Waals surface area contributed by atoms with Crippen LogP contribution < -0.4 is 11.5 Å². The molecule has 0 aromatic heterocycles. The number of carbonyl (C=O) groups excluding carboxylic acids is 3. The molecule has 0 radical (unpaired) electrons. The van der Waals surface area contributed by atoms with Gasteiger partial charge in [-0.3, -0.25) is 4.79 Å². The molecule has 1 aliphatic carbocycles. The second-order valence-corrected chi connectivity index (χ2v) is 14.2. The number of nitrogens with zero attached hydrogens (tertiary/aromatic N) is 3. The normalized spacial score (nSPS) is 17.0. The summed E-state index contributed by atoms with van der Waals surface area (Å²) < 4.78 is 10.9. The number of rotatable bonds is 12. The van der Waals surface area contributed by atoms with Gasteiger partial charge in [0.25, 0.3) is 0 Å². The SMILES string of the molecule is N/C(=N\C(=O)OCc1ccccc1)N(CCCC1(C2CCCCC2)CCN(C(=O)[C@H](N)Cc2ccc(Cl)cc2)CC1)C(=O)OCc1ccccc1. The molecule has 1 saturated heterocycles. The Morgan fingerprint density at radius 3 is 2.04 bits per heavy atom. The average molecular weight is 716 g/mol. The first kappa shape index (κ1) is 37.8. The molecule has 0 spiro atoms. The second kappa shape index (κ2) is 18.7. The van der Waals surface area contributed by atoms with Gasteiger partial charge in [0.2, 0.25) is 11.9 Å². The highest BCUT2D eigenvalue weighted by Crippen LogP contribution is 2.49. The number of likely N-dealkylation sites (tertiary alicyclic amines) is 1. The van der Waals surface area contributed by atoms with E-state index in [-0.39, 0.29) is 37.0 Å². The number of guanidine groups is 1. The molecule has 51 heavy (non-hydrogen) atoms. The summed E-state index contributed by atoms with van der Waals surface area (Å²) in [4.78, 5) is 46.6. The quantitative estimate of drug-likeness (QED) is 0.146. The second-order valence-electron chi connectivity index (χ2n) is 13.8. The molecule has 1 atom stereocenters. The molecule has 3 aromatic rings. The average Bonchev–Trinajstić information content (AvgIpc) is 3.16. The van der Waals surface area contributed by atoms with Crippen molar-refractivity contribution in [2.24, 2.45) is 27.8 Å². The van der Waals surface area contributed by atoms with E-state index in [0.717, 1.165) is 48.8 Å². The molecule has 2 fully saturated rings. The Kier molecular flexibility index (Phi) is 13.9. The van der Waals surface area contributed by atoms with E-state index >= 15 is 0 Å². The van der Waals surface area contributed by atoms with Crippen LogP contribution in [0.5, 0.6) is 0 Å². The molecule has 1 aliphatic heterocycles. The highest BCUT2D eigenvalue weighted by molar-refractivity contribution is 6.30. The number of benzene rings is 3. The van der Waals surface area contributed by atoms with E-state index in [4.69, 9.17) is 32.5 Å². The summed E-state index contributed by atoms with van der Waals surface area (Å²) in [5.41, 5.74) is 15.3. The minimum absolute atomic E-state index is 0.0115. The highest BCUT2D eigenvalue weighted by atomic mass is 35.5. The predicted octanol–water partition coefficient (Wildman–Crippen LogP) is 7.47. The summed E-state index contributed by atoms with van der Waals surface area (Å²) in [7, 11) is 0. The van der Waals surface area contributed by atoms with Crippen molar-refractivity contribution < 1.29 is 23.9 Å². The van der Waals surface area contributed by atoms with Crippen molar-refractivity contribution in [3.05, 3.63) is 107 Å². The molecular formula is C40H50ClN5O5. The third kappa shape index (κ3) is 11.0. The first-order valence-electron chi connectivity index (χ1n) is 18.0. The van der Waals surface area contributed by atoms with Gasteiger partial charge in [0.1, 0.15) is 13.2 Å². The van der Waals surface area contributed by atoms with Gasteiger partial charge in [-0.2, -0.15) is 0 Å². The van der Waals surface area contributed by atoms with Crippen LogP contribution in [0, 0.1) is 11.3 Å². The Morgan fingerprint density at radius 1 is 0.843 bits per heavy atom. The first-order chi connectivity index (χ1) is 24.7. The smallest absolute Gasteiger partial charge is 0.437 e. The van der Waals surface area contributed by atoms with Gasteiger partial charge in [-0.05, 0) is 85.1 Å². The highest BCUT2D eigenvalue weighted by Gasteiger charge is 2.42. The number of aliphatic imine (C=N–C) groups is 1. The number of amides is 3. The lowest BCUT2D eigenvalue weighted by atomic mass is 9.61. The summed E-state index contributed by atoms with van der Waals surface area (Å²) in [6.07, 6.45) is 8.03. The van der Waals surface area contributed by atoms with E-state index in [9.17, 15) is 14.4 Å². The Morgan fingerprint density at radius 2 is 1.43 bits per heavy atom. The van der Waals surface area contributed by atoms with Gasteiger partial charge in [-0.25, -0.2) is 14.5 Å². The molecule has 4 N–H and O–H groups in total. The number of halogens is 1. The molecule has 0 unspecified atom stereocenters. The first-order valence-corrected chi connectivity index (χ1v) is 18.4.